The van der Waals surface area contributed by atoms with E-state index in [0.29, 0.717) is 17.0 Å². The molecule has 0 saturated heterocycles. The van der Waals surface area contributed by atoms with Gasteiger partial charge in [0.2, 0.25) is 0 Å². The molecule has 0 aromatic heterocycles. The van der Waals surface area contributed by atoms with Crippen molar-refractivity contribution in [3.05, 3.63) is 83.9 Å². The summed E-state index contributed by atoms with van der Waals surface area (Å²) in [6.07, 6.45) is -26.7. The zero-order chi connectivity index (χ0) is 34.9. The van der Waals surface area contributed by atoms with Crippen LogP contribution >= 0.6 is 0 Å². The van der Waals surface area contributed by atoms with Gasteiger partial charge in [0.15, 0.2) is 6.10 Å². The number of aliphatic hydroxyl groups is 1. The lowest BCUT2D eigenvalue weighted by molar-refractivity contribution is -0.360. The van der Waals surface area contributed by atoms with E-state index in [0.717, 1.165) is 48.5 Å². The fourth-order valence-electron chi connectivity index (χ4n) is 3.71. The van der Waals surface area contributed by atoms with Crippen molar-refractivity contribution < 1.29 is 80.4 Å². The fraction of sp³-hybridized carbons (Fsp3) is 0.333. The van der Waals surface area contributed by atoms with Gasteiger partial charge < -0.3 is 19.5 Å². The Kier molecular flexibility index (Phi) is 10.0. The van der Waals surface area contributed by atoms with Gasteiger partial charge in [-0.1, -0.05) is 30.3 Å². The third-order valence-corrected chi connectivity index (χ3v) is 5.98. The number of benzene rings is 3. The van der Waals surface area contributed by atoms with Crippen molar-refractivity contribution >= 4 is 5.69 Å². The van der Waals surface area contributed by atoms with E-state index in [1.54, 1.807) is 0 Å². The molecule has 0 fully saturated rings. The highest BCUT2D eigenvalue weighted by atomic mass is 19.4. The lowest BCUT2D eigenvalue weighted by Gasteiger charge is -2.30. The molecule has 0 aliphatic heterocycles. The summed E-state index contributed by atoms with van der Waals surface area (Å²) in [4.78, 5) is 0.674. The lowest BCUT2D eigenvalue weighted by atomic mass is 9.99. The quantitative estimate of drug-likeness (QED) is 0.204. The second-order valence-electron chi connectivity index (χ2n) is 9.48. The molecule has 0 aliphatic carbocycles. The van der Waals surface area contributed by atoms with Gasteiger partial charge in [-0.2, -0.15) is 65.9 Å². The average Bonchev–Trinajstić information content (AvgIpc) is 2.91. The van der Waals surface area contributed by atoms with Gasteiger partial charge >= 0.3 is 36.5 Å². The van der Waals surface area contributed by atoms with Gasteiger partial charge in [-0.15, -0.1) is 0 Å². The Balaban J connectivity index is 1.95. The molecule has 0 spiro atoms. The van der Waals surface area contributed by atoms with Crippen LogP contribution in [0, 0.1) is 0 Å². The van der Waals surface area contributed by atoms with Crippen molar-refractivity contribution in [3.8, 4) is 17.2 Å². The number of ether oxygens (including phenoxy) is 2. The first-order valence-corrected chi connectivity index (χ1v) is 12.3. The van der Waals surface area contributed by atoms with Crippen molar-refractivity contribution in [2.75, 3.05) is 11.4 Å². The third kappa shape index (κ3) is 8.21. The summed E-state index contributed by atoms with van der Waals surface area (Å²) in [7, 11) is 0. The highest BCUT2D eigenvalue weighted by molar-refractivity contribution is 5.52. The minimum Gasteiger partial charge on any atom is -0.457 e. The molecular formula is C27H18F15NO3. The summed E-state index contributed by atoms with van der Waals surface area (Å²) in [5, 5.41) is 9.66. The predicted octanol–water partition coefficient (Wildman–Crippen LogP) is 9.23. The summed E-state index contributed by atoms with van der Waals surface area (Å²) >= 11 is 0. The molecule has 1 atom stereocenters. The van der Waals surface area contributed by atoms with Crippen LogP contribution in [-0.4, -0.2) is 48.3 Å². The molecule has 0 amide bonds. The number of halogens is 15. The zero-order valence-corrected chi connectivity index (χ0v) is 22.3. The van der Waals surface area contributed by atoms with Crippen molar-refractivity contribution in [1.82, 2.24) is 0 Å². The van der Waals surface area contributed by atoms with Crippen molar-refractivity contribution in [1.29, 1.82) is 0 Å². The molecule has 0 saturated carbocycles. The summed E-state index contributed by atoms with van der Waals surface area (Å²) in [6, 6.07) is 9.70. The number of nitrogens with zero attached hydrogens (tertiary/aromatic N) is 1. The Hall–Kier alpha value is -4.03. The van der Waals surface area contributed by atoms with Crippen molar-refractivity contribution in [3.63, 3.8) is 0 Å². The summed E-state index contributed by atoms with van der Waals surface area (Å²) in [5.74, 6) is -14.0. The molecule has 0 radical (unpaired) electrons. The Bertz CT molecular complexity index is 1490. The van der Waals surface area contributed by atoms with E-state index in [4.69, 9.17) is 4.74 Å². The van der Waals surface area contributed by atoms with E-state index in [-0.39, 0.29) is 23.6 Å². The molecule has 3 rings (SSSR count). The molecule has 0 bridgehead atoms. The molecule has 0 aliphatic rings. The van der Waals surface area contributed by atoms with Crippen LogP contribution in [0.5, 0.6) is 17.2 Å². The summed E-state index contributed by atoms with van der Waals surface area (Å²) < 4.78 is 206. The van der Waals surface area contributed by atoms with Gasteiger partial charge in [0, 0.05) is 29.9 Å². The smallest absolute Gasteiger partial charge is 0.457 e. The first-order chi connectivity index (χ1) is 20.8. The van der Waals surface area contributed by atoms with Crippen LogP contribution in [-0.2, 0) is 12.5 Å². The predicted molar refractivity (Wildman–Crippen MR) is 129 cm³/mol. The number of hydrogen-bond acceptors (Lipinski definition) is 4. The minimum atomic E-state index is -6.67. The maximum atomic E-state index is 14.3. The van der Waals surface area contributed by atoms with Crippen LogP contribution in [0.1, 0.15) is 11.1 Å². The van der Waals surface area contributed by atoms with E-state index >= 15 is 0 Å². The van der Waals surface area contributed by atoms with E-state index in [2.05, 4.69) is 4.74 Å². The van der Waals surface area contributed by atoms with E-state index in [9.17, 15) is 71.0 Å². The number of anilines is 1. The normalized spacial score (nSPS) is 14.2. The number of rotatable bonds is 11. The summed E-state index contributed by atoms with van der Waals surface area (Å²) in [6.45, 7) is -2.21. The Labute approximate surface area is 248 Å². The highest BCUT2D eigenvalue weighted by Gasteiger charge is 2.73. The lowest BCUT2D eigenvalue weighted by Crippen LogP contribution is -2.50. The number of alkyl halides is 15. The Morgan fingerprint density at radius 3 is 1.74 bits per heavy atom. The van der Waals surface area contributed by atoms with Crippen LogP contribution in [0.4, 0.5) is 71.5 Å². The standard InChI is InChI=1S/C27H18F15NO3/c28-22(29,24(33,34)25(35,36)37)16-5-1-4-15(10-16)13-43(14-21(44)23(30,31)32)17-6-2-7-18(11-17)45-19-8-3-9-20(12-19)46-27(41,42)26(38,39)40/h1-12,21,44H,13-14H2/t21-/m1/s1. The molecule has 19 heteroatoms. The topological polar surface area (TPSA) is 41.9 Å². The van der Waals surface area contributed by atoms with Gasteiger partial charge in [-0.25, -0.2) is 0 Å². The van der Waals surface area contributed by atoms with Crippen LogP contribution in [0.25, 0.3) is 0 Å². The van der Waals surface area contributed by atoms with Gasteiger partial charge in [0.25, 0.3) is 0 Å². The molecule has 46 heavy (non-hydrogen) atoms. The van der Waals surface area contributed by atoms with Crippen molar-refractivity contribution in [2.24, 2.45) is 0 Å². The van der Waals surface area contributed by atoms with Gasteiger partial charge in [0.1, 0.15) is 17.2 Å². The zero-order valence-electron chi connectivity index (χ0n) is 22.3. The second-order valence-corrected chi connectivity index (χ2v) is 9.48. The van der Waals surface area contributed by atoms with Gasteiger partial charge in [-0.05, 0) is 35.9 Å². The minimum absolute atomic E-state index is 0.204. The SMILES string of the molecule is O[C@H](CN(Cc1cccc(C(F)(F)C(F)(F)C(F)(F)F)c1)c1cccc(Oc2cccc(OC(F)(F)C(F)(F)F)c2)c1)C(F)(F)F. The van der Waals surface area contributed by atoms with E-state index < -0.39 is 78.3 Å². The van der Waals surface area contributed by atoms with Crippen molar-refractivity contribution in [2.45, 2.75) is 49.1 Å². The van der Waals surface area contributed by atoms with Crippen LogP contribution in [0.2, 0.25) is 0 Å². The molecule has 1 N–H and O–H groups in total. The average molecular weight is 689 g/mol. The van der Waals surface area contributed by atoms with Gasteiger partial charge in [0.05, 0.1) is 6.54 Å². The first kappa shape index (κ1) is 36.4. The first-order valence-electron chi connectivity index (χ1n) is 12.3. The maximum Gasteiger partial charge on any atom is 0.499 e. The molecule has 0 unspecified atom stereocenters. The molecule has 0 heterocycles. The van der Waals surface area contributed by atoms with E-state index in [1.165, 1.54) is 0 Å². The fourth-order valence-corrected chi connectivity index (χ4v) is 3.71. The highest BCUT2D eigenvalue weighted by Crippen LogP contribution is 2.52. The maximum absolute atomic E-state index is 14.3. The second kappa shape index (κ2) is 12.6. The molecule has 3 aromatic carbocycles. The van der Waals surface area contributed by atoms with Gasteiger partial charge in [-0.3, -0.25) is 0 Å². The third-order valence-electron chi connectivity index (χ3n) is 5.98. The van der Waals surface area contributed by atoms with E-state index in [1.807, 2.05) is 0 Å². The van der Waals surface area contributed by atoms with Crippen LogP contribution in [0.3, 0.4) is 0 Å². The number of hydrogen-bond donors (Lipinski definition) is 1. The molecule has 3 aromatic rings. The molecule has 4 nitrogen and oxygen atoms in total. The van der Waals surface area contributed by atoms with Crippen LogP contribution < -0.4 is 14.4 Å². The molecular weight excluding hydrogens is 671 g/mol. The monoisotopic (exact) mass is 689 g/mol. The van der Waals surface area contributed by atoms with Crippen LogP contribution in [0.15, 0.2) is 72.8 Å². The summed E-state index contributed by atoms with van der Waals surface area (Å²) in [5.41, 5.74) is -2.60. The Morgan fingerprint density at radius 2 is 1.17 bits per heavy atom. The number of aliphatic hydroxyl groups excluding tert-OH is 1. The molecule has 254 valence electrons. The largest absolute Gasteiger partial charge is 0.499 e. The Morgan fingerprint density at radius 1 is 0.630 bits per heavy atom.